The van der Waals surface area contributed by atoms with Gasteiger partial charge in [-0.15, -0.1) is 0 Å². The molecule has 1 aromatic heterocycles. The molecule has 0 aliphatic rings. The van der Waals surface area contributed by atoms with Gasteiger partial charge in [-0.25, -0.2) is 0 Å². The topological polar surface area (TPSA) is 71.3 Å². The number of hydrogen-bond acceptors (Lipinski definition) is 3. The fourth-order valence-electron chi connectivity index (χ4n) is 3.25. The maximum atomic E-state index is 12.4. The SMILES string of the molecule is Cc1cc(C)cc(C(=O)CN[C@@H](Cc2ccc(-n3cccc3)cc2)C(=O)O)c1. The Morgan fingerprint density at radius 2 is 1.61 bits per heavy atom. The summed E-state index contributed by atoms with van der Waals surface area (Å²) in [6, 6.07) is 16.5. The summed E-state index contributed by atoms with van der Waals surface area (Å²) in [7, 11) is 0. The summed E-state index contributed by atoms with van der Waals surface area (Å²) in [5.74, 6) is -1.08. The van der Waals surface area contributed by atoms with E-state index in [1.54, 1.807) is 0 Å². The van der Waals surface area contributed by atoms with Gasteiger partial charge in [0.2, 0.25) is 0 Å². The van der Waals surface area contributed by atoms with E-state index >= 15 is 0 Å². The average molecular weight is 376 g/mol. The van der Waals surface area contributed by atoms with Crippen LogP contribution in [0.15, 0.2) is 67.0 Å². The molecule has 0 amide bonds. The van der Waals surface area contributed by atoms with E-state index in [4.69, 9.17) is 0 Å². The van der Waals surface area contributed by atoms with Crippen molar-refractivity contribution in [2.75, 3.05) is 6.54 Å². The lowest BCUT2D eigenvalue weighted by Crippen LogP contribution is -2.41. The fourth-order valence-corrected chi connectivity index (χ4v) is 3.25. The third-order valence-electron chi connectivity index (χ3n) is 4.63. The summed E-state index contributed by atoms with van der Waals surface area (Å²) < 4.78 is 1.99. The van der Waals surface area contributed by atoms with Crippen molar-refractivity contribution in [3.05, 3.63) is 89.2 Å². The zero-order chi connectivity index (χ0) is 20.1. The van der Waals surface area contributed by atoms with Gasteiger partial charge in [-0.05, 0) is 62.2 Å². The first-order valence-corrected chi connectivity index (χ1v) is 9.22. The molecule has 5 heteroatoms. The molecule has 28 heavy (non-hydrogen) atoms. The van der Waals surface area contributed by atoms with Crippen molar-refractivity contribution in [1.29, 1.82) is 0 Å². The predicted molar refractivity (Wildman–Crippen MR) is 109 cm³/mol. The molecule has 0 bridgehead atoms. The van der Waals surface area contributed by atoms with Crippen molar-refractivity contribution in [1.82, 2.24) is 9.88 Å². The third kappa shape index (κ3) is 4.96. The van der Waals surface area contributed by atoms with Gasteiger partial charge in [0.1, 0.15) is 6.04 Å². The Morgan fingerprint density at radius 1 is 1.00 bits per heavy atom. The molecule has 3 rings (SSSR count). The van der Waals surface area contributed by atoms with Gasteiger partial charge in [-0.2, -0.15) is 0 Å². The normalized spacial score (nSPS) is 11.9. The number of carbonyl (C=O) groups is 2. The number of nitrogens with one attached hydrogen (secondary N) is 1. The van der Waals surface area contributed by atoms with Crippen molar-refractivity contribution in [3.8, 4) is 5.69 Å². The van der Waals surface area contributed by atoms with Gasteiger partial charge in [0, 0.05) is 23.6 Å². The monoisotopic (exact) mass is 376 g/mol. The van der Waals surface area contributed by atoms with Crippen LogP contribution in [0.3, 0.4) is 0 Å². The highest BCUT2D eigenvalue weighted by molar-refractivity contribution is 5.98. The van der Waals surface area contributed by atoms with Gasteiger partial charge < -0.3 is 9.67 Å². The number of carboxylic acid groups (broad SMARTS) is 1. The van der Waals surface area contributed by atoms with Crippen LogP contribution in [0, 0.1) is 13.8 Å². The highest BCUT2D eigenvalue weighted by atomic mass is 16.4. The summed E-state index contributed by atoms with van der Waals surface area (Å²) >= 11 is 0. The molecule has 0 aliphatic heterocycles. The Kier molecular flexibility index (Phi) is 6.06. The zero-order valence-corrected chi connectivity index (χ0v) is 16.1. The lowest BCUT2D eigenvalue weighted by Gasteiger charge is -2.15. The van der Waals surface area contributed by atoms with E-state index in [2.05, 4.69) is 5.32 Å². The van der Waals surface area contributed by atoms with Crippen LogP contribution in [0.1, 0.15) is 27.0 Å². The first kappa shape index (κ1) is 19.6. The molecule has 0 saturated carbocycles. The first-order chi connectivity index (χ1) is 13.4. The summed E-state index contributed by atoms with van der Waals surface area (Å²) in [5, 5.41) is 12.4. The molecular weight excluding hydrogens is 352 g/mol. The van der Waals surface area contributed by atoms with Crippen LogP contribution in [0.4, 0.5) is 0 Å². The molecule has 0 radical (unpaired) electrons. The second-order valence-corrected chi connectivity index (χ2v) is 7.03. The molecule has 2 N–H and O–H groups in total. The summed E-state index contributed by atoms with van der Waals surface area (Å²) in [6.07, 6.45) is 4.21. The second-order valence-electron chi connectivity index (χ2n) is 7.03. The van der Waals surface area contributed by atoms with E-state index in [0.29, 0.717) is 12.0 Å². The Balaban J connectivity index is 1.63. The Hall–Kier alpha value is -3.18. The highest BCUT2D eigenvalue weighted by Gasteiger charge is 2.19. The molecule has 144 valence electrons. The van der Waals surface area contributed by atoms with Gasteiger partial charge in [0.05, 0.1) is 6.54 Å². The number of aliphatic carboxylic acids is 1. The quantitative estimate of drug-likeness (QED) is 0.590. The fraction of sp³-hybridized carbons (Fsp3) is 0.217. The molecule has 3 aromatic rings. The molecule has 2 aromatic carbocycles. The van der Waals surface area contributed by atoms with Gasteiger partial charge in [0.25, 0.3) is 0 Å². The number of aryl methyl sites for hydroxylation is 2. The molecule has 0 spiro atoms. The van der Waals surface area contributed by atoms with Crippen LogP contribution >= 0.6 is 0 Å². The molecule has 0 saturated heterocycles. The summed E-state index contributed by atoms with van der Waals surface area (Å²) in [5.41, 5.74) is 4.54. The molecular formula is C23H24N2O3. The van der Waals surface area contributed by atoms with E-state index in [-0.39, 0.29) is 12.3 Å². The molecule has 1 heterocycles. The van der Waals surface area contributed by atoms with E-state index in [1.807, 2.05) is 85.4 Å². The molecule has 0 fully saturated rings. The largest absolute Gasteiger partial charge is 0.480 e. The number of aromatic nitrogens is 1. The van der Waals surface area contributed by atoms with E-state index < -0.39 is 12.0 Å². The van der Waals surface area contributed by atoms with Crippen molar-refractivity contribution < 1.29 is 14.7 Å². The number of ketones is 1. The molecule has 0 unspecified atom stereocenters. The number of rotatable bonds is 8. The van der Waals surface area contributed by atoms with Crippen LogP contribution in [0.5, 0.6) is 0 Å². The maximum absolute atomic E-state index is 12.4. The van der Waals surface area contributed by atoms with Gasteiger partial charge in [-0.3, -0.25) is 14.9 Å². The minimum atomic E-state index is -0.970. The minimum absolute atomic E-state index is 0.0126. The maximum Gasteiger partial charge on any atom is 0.321 e. The lowest BCUT2D eigenvalue weighted by molar-refractivity contribution is -0.139. The van der Waals surface area contributed by atoms with Crippen molar-refractivity contribution in [3.63, 3.8) is 0 Å². The number of carboxylic acids is 1. The predicted octanol–water partition coefficient (Wildman–Crippen LogP) is 3.56. The Morgan fingerprint density at radius 3 is 2.18 bits per heavy atom. The Bertz CT molecular complexity index is 940. The zero-order valence-electron chi connectivity index (χ0n) is 16.1. The standard InChI is InChI=1S/C23H24N2O3/c1-16-11-17(2)13-19(12-16)22(26)15-24-21(23(27)28)14-18-5-7-20(8-6-18)25-9-3-4-10-25/h3-13,21,24H,14-15H2,1-2H3,(H,27,28)/t21-/m0/s1. The van der Waals surface area contributed by atoms with Gasteiger partial charge in [-0.1, -0.05) is 29.3 Å². The van der Waals surface area contributed by atoms with Crippen molar-refractivity contribution in [2.24, 2.45) is 0 Å². The molecule has 0 aliphatic carbocycles. The van der Waals surface area contributed by atoms with Crippen LogP contribution in [0.2, 0.25) is 0 Å². The number of carbonyl (C=O) groups excluding carboxylic acids is 1. The summed E-state index contributed by atoms with van der Waals surface area (Å²) in [4.78, 5) is 24.1. The van der Waals surface area contributed by atoms with Crippen molar-refractivity contribution >= 4 is 11.8 Å². The summed E-state index contributed by atoms with van der Waals surface area (Å²) in [6.45, 7) is 3.87. The van der Waals surface area contributed by atoms with E-state index in [9.17, 15) is 14.7 Å². The van der Waals surface area contributed by atoms with Crippen molar-refractivity contribution in [2.45, 2.75) is 26.3 Å². The van der Waals surface area contributed by atoms with E-state index in [0.717, 1.165) is 22.4 Å². The van der Waals surface area contributed by atoms with Crippen LogP contribution in [-0.2, 0) is 11.2 Å². The number of nitrogens with zero attached hydrogens (tertiary/aromatic N) is 1. The molecule has 1 atom stereocenters. The van der Waals surface area contributed by atoms with Gasteiger partial charge >= 0.3 is 5.97 Å². The van der Waals surface area contributed by atoms with Crippen LogP contribution in [0.25, 0.3) is 5.69 Å². The third-order valence-corrected chi connectivity index (χ3v) is 4.63. The smallest absolute Gasteiger partial charge is 0.321 e. The number of benzene rings is 2. The minimum Gasteiger partial charge on any atom is -0.480 e. The second kappa shape index (κ2) is 8.67. The highest BCUT2D eigenvalue weighted by Crippen LogP contribution is 2.12. The van der Waals surface area contributed by atoms with Crippen LogP contribution in [-0.4, -0.2) is 34.0 Å². The number of hydrogen-bond donors (Lipinski definition) is 2. The Labute approximate surface area is 164 Å². The lowest BCUT2D eigenvalue weighted by atomic mass is 10.0. The van der Waals surface area contributed by atoms with E-state index in [1.165, 1.54) is 0 Å². The van der Waals surface area contributed by atoms with Crippen LogP contribution < -0.4 is 5.32 Å². The molecule has 5 nitrogen and oxygen atoms in total. The van der Waals surface area contributed by atoms with Gasteiger partial charge in [0.15, 0.2) is 5.78 Å². The average Bonchev–Trinajstić information content (AvgIpc) is 3.19. The first-order valence-electron chi connectivity index (χ1n) is 9.22. The number of Topliss-reactive ketones (excluding diaryl/α,β-unsaturated/α-hetero) is 1.